The molecule has 0 radical (unpaired) electrons. The van der Waals surface area contributed by atoms with Gasteiger partial charge in [0.25, 0.3) is 0 Å². The van der Waals surface area contributed by atoms with Gasteiger partial charge in [0.15, 0.2) is 5.78 Å². The Morgan fingerprint density at radius 1 is 1.17 bits per heavy atom. The monoisotopic (exact) mass is 262 g/mol. The number of phenolic OH excluding ortho intramolecular Hbond substituents is 1. The Hall–Kier alpha value is -2.00. The second-order valence-corrected chi connectivity index (χ2v) is 4.13. The first-order valence-electron chi connectivity index (χ1n) is 5.29. The van der Waals surface area contributed by atoms with Crippen molar-refractivity contribution in [1.82, 2.24) is 0 Å². The highest BCUT2D eigenvalue weighted by atomic mass is 35.5. The van der Waals surface area contributed by atoms with Crippen LogP contribution in [-0.4, -0.2) is 18.0 Å². The normalized spacial score (nSPS) is 10.1. The van der Waals surface area contributed by atoms with Crippen LogP contribution in [0.25, 0.3) is 0 Å². The molecule has 4 heteroatoms. The summed E-state index contributed by atoms with van der Waals surface area (Å²) in [5.41, 5.74) is 0.933. The summed E-state index contributed by atoms with van der Waals surface area (Å²) >= 11 is 5.78. The molecule has 1 N–H and O–H groups in total. The van der Waals surface area contributed by atoms with Gasteiger partial charge >= 0.3 is 0 Å². The molecule has 0 aliphatic rings. The van der Waals surface area contributed by atoms with Crippen LogP contribution in [0.15, 0.2) is 42.5 Å². The SMILES string of the molecule is COc1cccc(C(=O)c2ccc(O)c(Cl)c2)c1. The number of ketones is 1. The minimum atomic E-state index is -0.171. The highest BCUT2D eigenvalue weighted by molar-refractivity contribution is 6.32. The van der Waals surface area contributed by atoms with Crippen molar-refractivity contribution in [2.24, 2.45) is 0 Å². The van der Waals surface area contributed by atoms with E-state index in [2.05, 4.69) is 0 Å². The van der Waals surface area contributed by atoms with E-state index in [1.807, 2.05) is 0 Å². The van der Waals surface area contributed by atoms with E-state index < -0.39 is 0 Å². The molecule has 2 rings (SSSR count). The second kappa shape index (κ2) is 5.10. The van der Waals surface area contributed by atoms with Crippen molar-refractivity contribution in [3.63, 3.8) is 0 Å². The lowest BCUT2D eigenvalue weighted by Crippen LogP contribution is -2.01. The smallest absolute Gasteiger partial charge is 0.193 e. The fourth-order valence-electron chi connectivity index (χ4n) is 1.58. The molecule has 2 aromatic rings. The lowest BCUT2D eigenvalue weighted by Gasteiger charge is -2.05. The molecular weight excluding hydrogens is 252 g/mol. The molecule has 0 atom stereocenters. The van der Waals surface area contributed by atoms with Crippen molar-refractivity contribution < 1.29 is 14.6 Å². The highest BCUT2D eigenvalue weighted by Gasteiger charge is 2.11. The Morgan fingerprint density at radius 2 is 1.89 bits per heavy atom. The number of phenols is 1. The maximum absolute atomic E-state index is 12.2. The van der Waals surface area contributed by atoms with Gasteiger partial charge in [-0.15, -0.1) is 0 Å². The standard InChI is InChI=1S/C14H11ClO3/c1-18-11-4-2-3-9(7-11)14(17)10-5-6-13(16)12(15)8-10/h2-8,16H,1H3. The highest BCUT2D eigenvalue weighted by Crippen LogP contribution is 2.25. The van der Waals surface area contributed by atoms with Crippen LogP contribution in [0.4, 0.5) is 0 Å². The van der Waals surface area contributed by atoms with Gasteiger partial charge in [0.2, 0.25) is 0 Å². The molecule has 0 aliphatic heterocycles. The van der Waals surface area contributed by atoms with Crippen LogP contribution in [0.5, 0.6) is 11.5 Å². The summed E-state index contributed by atoms with van der Waals surface area (Å²) in [7, 11) is 1.54. The lowest BCUT2D eigenvalue weighted by atomic mass is 10.0. The number of halogens is 1. The number of aromatic hydroxyl groups is 1. The summed E-state index contributed by atoms with van der Waals surface area (Å²) in [5.74, 6) is 0.403. The Morgan fingerprint density at radius 3 is 2.56 bits per heavy atom. The number of ether oxygens (including phenoxy) is 1. The Kier molecular flexibility index (Phi) is 3.53. The van der Waals surface area contributed by atoms with Crippen molar-refractivity contribution in [2.45, 2.75) is 0 Å². The van der Waals surface area contributed by atoms with Gasteiger partial charge in [0.05, 0.1) is 12.1 Å². The maximum atomic E-state index is 12.2. The summed E-state index contributed by atoms with van der Waals surface area (Å²) in [5, 5.41) is 9.47. The Labute approximate surface area is 110 Å². The molecule has 3 nitrogen and oxygen atoms in total. The van der Waals surface area contributed by atoms with Gasteiger partial charge in [0.1, 0.15) is 11.5 Å². The zero-order chi connectivity index (χ0) is 13.1. The van der Waals surface area contributed by atoms with Gasteiger partial charge in [-0.25, -0.2) is 0 Å². The van der Waals surface area contributed by atoms with Crippen LogP contribution in [-0.2, 0) is 0 Å². The fourth-order valence-corrected chi connectivity index (χ4v) is 1.76. The summed E-state index contributed by atoms with van der Waals surface area (Å²) in [4.78, 5) is 12.2. The van der Waals surface area contributed by atoms with Crippen LogP contribution in [0, 0.1) is 0 Å². The molecule has 0 aromatic heterocycles. The third kappa shape index (κ3) is 2.46. The number of carbonyl (C=O) groups is 1. The topological polar surface area (TPSA) is 46.5 Å². The first-order valence-corrected chi connectivity index (χ1v) is 5.67. The number of rotatable bonds is 3. The molecule has 18 heavy (non-hydrogen) atoms. The quantitative estimate of drug-likeness (QED) is 0.864. The van der Waals surface area contributed by atoms with Gasteiger partial charge in [-0.1, -0.05) is 23.7 Å². The van der Waals surface area contributed by atoms with Gasteiger partial charge in [-0.05, 0) is 30.3 Å². The molecule has 0 saturated carbocycles. The van der Waals surface area contributed by atoms with E-state index in [4.69, 9.17) is 16.3 Å². The first-order chi connectivity index (χ1) is 8.61. The number of hydrogen-bond acceptors (Lipinski definition) is 3. The van der Waals surface area contributed by atoms with Crippen molar-refractivity contribution in [3.8, 4) is 11.5 Å². The maximum Gasteiger partial charge on any atom is 0.193 e. The second-order valence-electron chi connectivity index (χ2n) is 3.73. The zero-order valence-electron chi connectivity index (χ0n) is 9.68. The minimum Gasteiger partial charge on any atom is -0.506 e. The average Bonchev–Trinajstić information content (AvgIpc) is 2.41. The van der Waals surface area contributed by atoms with Gasteiger partial charge in [-0.3, -0.25) is 4.79 Å². The summed E-state index contributed by atoms with van der Waals surface area (Å²) in [6, 6.07) is 11.2. The van der Waals surface area contributed by atoms with Gasteiger partial charge in [0, 0.05) is 11.1 Å². The average molecular weight is 263 g/mol. The summed E-state index contributed by atoms with van der Waals surface area (Å²) < 4.78 is 5.07. The third-order valence-electron chi connectivity index (χ3n) is 2.54. The van der Waals surface area contributed by atoms with Crippen LogP contribution < -0.4 is 4.74 Å². The van der Waals surface area contributed by atoms with Crippen LogP contribution in [0.3, 0.4) is 0 Å². The van der Waals surface area contributed by atoms with E-state index in [1.165, 1.54) is 18.2 Å². The third-order valence-corrected chi connectivity index (χ3v) is 2.84. The predicted octanol–water partition coefficient (Wildman–Crippen LogP) is 3.29. The van der Waals surface area contributed by atoms with Crippen molar-refractivity contribution >= 4 is 17.4 Å². The number of methoxy groups -OCH3 is 1. The van der Waals surface area contributed by atoms with Crippen molar-refractivity contribution in [3.05, 3.63) is 58.6 Å². The molecular formula is C14H11ClO3. The summed E-state index contributed by atoms with van der Waals surface area (Å²) in [6.07, 6.45) is 0. The van der Waals surface area contributed by atoms with Gasteiger partial charge < -0.3 is 9.84 Å². The largest absolute Gasteiger partial charge is 0.506 e. The zero-order valence-corrected chi connectivity index (χ0v) is 10.4. The van der Waals surface area contributed by atoms with E-state index in [0.717, 1.165) is 0 Å². The molecule has 92 valence electrons. The Balaban J connectivity index is 2.38. The molecule has 0 bridgehead atoms. The fraction of sp³-hybridized carbons (Fsp3) is 0.0714. The van der Waals surface area contributed by atoms with Crippen LogP contribution in [0.2, 0.25) is 5.02 Å². The molecule has 0 unspecified atom stereocenters. The lowest BCUT2D eigenvalue weighted by molar-refractivity contribution is 0.103. The van der Waals surface area contributed by atoms with E-state index in [-0.39, 0.29) is 16.6 Å². The first kappa shape index (κ1) is 12.5. The minimum absolute atomic E-state index is 0.0427. The van der Waals surface area contributed by atoms with Crippen LogP contribution >= 0.6 is 11.6 Å². The summed E-state index contributed by atoms with van der Waals surface area (Å²) in [6.45, 7) is 0. The molecule has 0 fully saturated rings. The van der Waals surface area contributed by atoms with Crippen LogP contribution in [0.1, 0.15) is 15.9 Å². The van der Waals surface area contributed by atoms with E-state index in [9.17, 15) is 9.90 Å². The molecule has 0 saturated heterocycles. The number of hydrogen-bond donors (Lipinski definition) is 1. The molecule has 0 heterocycles. The van der Waals surface area contributed by atoms with E-state index in [1.54, 1.807) is 31.4 Å². The van der Waals surface area contributed by atoms with Crippen molar-refractivity contribution in [2.75, 3.05) is 7.11 Å². The van der Waals surface area contributed by atoms with E-state index in [0.29, 0.717) is 16.9 Å². The molecule has 0 spiro atoms. The van der Waals surface area contributed by atoms with E-state index >= 15 is 0 Å². The molecule has 0 aliphatic carbocycles. The molecule has 2 aromatic carbocycles. The Bertz CT molecular complexity index is 593. The molecule has 0 amide bonds. The van der Waals surface area contributed by atoms with Gasteiger partial charge in [-0.2, -0.15) is 0 Å². The number of carbonyl (C=O) groups excluding carboxylic acids is 1. The number of benzene rings is 2. The predicted molar refractivity (Wildman–Crippen MR) is 69.5 cm³/mol. The van der Waals surface area contributed by atoms with Crippen molar-refractivity contribution in [1.29, 1.82) is 0 Å².